The number of hydrogen-bond donors (Lipinski definition) is 1. The van der Waals surface area contributed by atoms with Crippen LogP contribution in [0.4, 0.5) is 5.69 Å². The molecule has 2 nitrogen and oxygen atoms in total. The van der Waals surface area contributed by atoms with E-state index >= 15 is 0 Å². The first-order valence-corrected chi connectivity index (χ1v) is 8.30. The van der Waals surface area contributed by atoms with Crippen molar-refractivity contribution >= 4 is 44.8 Å². The molecule has 0 radical (unpaired) electrons. The zero-order chi connectivity index (χ0) is 13.9. The van der Waals surface area contributed by atoms with E-state index in [2.05, 4.69) is 16.8 Å². The lowest BCUT2D eigenvalue weighted by molar-refractivity contribution is 0.102. The molecule has 0 saturated heterocycles. The zero-order valence-corrected chi connectivity index (χ0v) is 12.6. The van der Waals surface area contributed by atoms with E-state index in [1.807, 2.05) is 48.7 Å². The van der Waals surface area contributed by atoms with Crippen LogP contribution in [0.2, 0.25) is 0 Å². The molecule has 1 heterocycles. The molecular weight excluding hydrogens is 286 g/mol. The van der Waals surface area contributed by atoms with Gasteiger partial charge in [-0.15, -0.1) is 23.1 Å². The molecule has 4 heteroatoms. The third-order valence-corrected chi connectivity index (χ3v) is 4.76. The van der Waals surface area contributed by atoms with Crippen molar-refractivity contribution in [2.75, 3.05) is 11.6 Å². The van der Waals surface area contributed by atoms with Gasteiger partial charge in [0.2, 0.25) is 0 Å². The summed E-state index contributed by atoms with van der Waals surface area (Å²) >= 11 is 3.28. The Hall–Kier alpha value is -1.78. The van der Waals surface area contributed by atoms with Gasteiger partial charge in [0, 0.05) is 15.3 Å². The van der Waals surface area contributed by atoms with E-state index in [-0.39, 0.29) is 5.91 Å². The number of benzene rings is 2. The van der Waals surface area contributed by atoms with Gasteiger partial charge in [0.1, 0.15) is 0 Å². The van der Waals surface area contributed by atoms with Gasteiger partial charge in [-0.05, 0) is 53.4 Å². The lowest BCUT2D eigenvalue weighted by Crippen LogP contribution is -2.12. The number of thioether (sulfide) groups is 1. The topological polar surface area (TPSA) is 29.1 Å². The Labute approximate surface area is 125 Å². The standard InChI is InChI=1S/C16H13NOS2/c1-19-15-5-3-2-4-13(15)16(18)17-12-6-7-14-11(10-12)8-9-20-14/h2-10H,1H3,(H,17,18). The molecule has 20 heavy (non-hydrogen) atoms. The Kier molecular flexibility index (Phi) is 3.76. The second-order valence-corrected chi connectivity index (χ2v) is 6.12. The van der Waals surface area contributed by atoms with Crippen molar-refractivity contribution in [1.82, 2.24) is 0 Å². The third kappa shape index (κ3) is 2.57. The Morgan fingerprint density at radius 2 is 2.00 bits per heavy atom. The maximum atomic E-state index is 12.3. The molecule has 0 saturated carbocycles. The zero-order valence-electron chi connectivity index (χ0n) is 10.9. The SMILES string of the molecule is CSc1ccccc1C(=O)Nc1ccc2sccc2c1. The van der Waals surface area contributed by atoms with Crippen molar-refractivity contribution < 1.29 is 4.79 Å². The van der Waals surface area contributed by atoms with Crippen molar-refractivity contribution in [2.45, 2.75) is 4.90 Å². The average molecular weight is 299 g/mol. The summed E-state index contributed by atoms with van der Waals surface area (Å²) in [4.78, 5) is 13.3. The number of fused-ring (bicyclic) bond motifs is 1. The third-order valence-electron chi connectivity index (χ3n) is 3.06. The van der Waals surface area contributed by atoms with Gasteiger partial charge >= 0.3 is 0 Å². The van der Waals surface area contributed by atoms with E-state index in [0.717, 1.165) is 16.0 Å². The van der Waals surface area contributed by atoms with Crippen LogP contribution >= 0.6 is 23.1 Å². The number of carbonyl (C=O) groups excluding carboxylic acids is 1. The quantitative estimate of drug-likeness (QED) is 0.699. The van der Waals surface area contributed by atoms with Gasteiger partial charge in [0.05, 0.1) is 5.56 Å². The van der Waals surface area contributed by atoms with Crippen LogP contribution in [0.25, 0.3) is 10.1 Å². The minimum atomic E-state index is -0.0653. The highest BCUT2D eigenvalue weighted by molar-refractivity contribution is 7.98. The molecule has 0 spiro atoms. The number of carbonyl (C=O) groups is 1. The summed E-state index contributed by atoms with van der Waals surface area (Å²) in [6.45, 7) is 0. The second-order valence-electron chi connectivity index (χ2n) is 4.33. The predicted octanol–water partition coefficient (Wildman–Crippen LogP) is 4.88. The minimum absolute atomic E-state index is 0.0653. The van der Waals surface area contributed by atoms with Crippen LogP contribution in [0.15, 0.2) is 58.8 Å². The van der Waals surface area contributed by atoms with E-state index in [1.165, 1.54) is 4.70 Å². The van der Waals surface area contributed by atoms with Crippen LogP contribution in [0.1, 0.15) is 10.4 Å². The molecule has 3 aromatic rings. The van der Waals surface area contributed by atoms with Gasteiger partial charge in [0.25, 0.3) is 5.91 Å². The summed E-state index contributed by atoms with van der Waals surface area (Å²) in [5, 5.41) is 6.18. The van der Waals surface area contributed by atoms with E-state index < -0.39 is 0 Å². The van der Waals surface area contributed by atoms with Crippen LogP contribution < -0.4 is 5.32 Å². The van der Waals surface area contributed by atoms with E-state index in [0.29, 0.717) is 5.56 Å². The van der Waals surface area contributed by atoms with Crippen LogP contribution in [-0.4, -0.2) is 12.2 Å². The first-order valence-electron chi connectivity index (χ1n) is 6.19. The Bertz CT molecular complexity index is 764. The van der Waals surface area contributed by atoms with Gasteiger partial charge in [-0.25, -0.2) is 0 Å². The monoisotopic (exact) mass is 299 g/mol. The highest BCUT2D eigenvalue weighted by atomic mass is 32.2. The normalized spacial score (nSPS) is 10.7. The molecule has 1 aromatic heterocycles. The van der Waals surface area contributed by atoms with Crippen molar-refractivity contribution in [3.8, 4) is 0 Å². The molecule has 0 aliphatic rings. The van der Waals surface area contributed by atoms with Crippen molar-refractivity contribution in [3.63, 3.8) is 0 Å². The summed E-state index contributed by atoms with van der Waals surface area (Å²) in [6.07, 6.45) is 1.98. The molecule has 100 valence electrons. The van der Waals surface area contributed by atoms with Crippen LogP contribution in [-0.2, 0) is 0 Å². The summed E-state index contributed by atoms with van der Waals surface area (Å²) in [7, 11) is 0. The van der Waals surface area contributed by atoms with Crippen LogP contribution in [0.5, 0.6) is 0 Å². The molecule has 0 bridgehead atoms. The summed E-state index contributed by atoms with van der Waals surface area (Å²) in [6, 6.07) is 15.7. The molecule has 0 unspecified atom stereocenters. The maximum Gasteiger partial charge on any atom is 0.256 e. The van der Waals surface area contributed by atoms with Gasteiger partial charge in [-0.3, -0.25) is 4.79 Å². The molecule has 0 atom stereocenters. The minimum Gasteiger partial charge on any atom is -0.322 e. The summed E-state index contributed by atoms with van der Waals surface area (Å²) < 4.78 is 1.23. The first kappa shape index (κ1) is 13.2. The summed E-state index contributed by atoms with van der Waals surface area (Å²) in [5.41, 5.74) is 1.54. The van der Waals surface area contributed by atoms with Gasteiger partial charge < -0.3 is 5.32 Å². The Morgan fingerprint density at radius 1 is 1.15 bits per heavy atom. The van der Waals surface area contributed by atoms with E-state index in [1.54, 1.807) is 23.1 Å². The number of amides is 1. The fourth-order valence-corrected chi connectivity index (χ4v) is 3.44. The highest BCUT2D eigenvalue weighted by Crippen LogP contribution is 2.25. The maximum absolute atomic E-state index is 12.3. The molecule has 0 aliphatic carbocycles. The molecular formula is C16H13NOS2. The lowest BCUT2D eigenvalue weighted by atomic mass is 10.2. The summed E-state index contributed by atoms with van der Waals surface area (Å²) in [5.74, 6) is -0.0653. The number of hydrogen-bond acceptors (Lipinski definition) is 3. The molecule has 0 fully saturated rings. The Morgan fingerprint density at radius 3 is 2.85 bits per heavy atom. The molecule has 3 rings (SSSR count). The van der Waals surface area contributed by atoms with E-state index in [4.69, 9.17) is 0 Å². The van der Waals surface area contributed by atoms with Crippen LogP contribution in [0.3, 0.4) is 0 Å². The average Bonchev–Trinajstić information content (AvgIpc) is 2.94. The molecule has 1 N–H and O–H groups in total. The fraction of sp³-hybridized carbons (Fsp3) is 0.0625. The molecule has 2 aromatic carbocycles. The van der Waals surface area contributed by atoms with Gasteiger partial charge in [-0.1, -0.05) is 12.1 Å². The second kappa shape index (κ2) is 5.69. The van der Waals surface area contributed by atoms with Crippen molar-refractivity contribution in [3.05, 3.63) is 59.5 Å². The van der Waals surface area contributed by atoms with Gasteiger partial charge in [-0.2, -0.15) is 0 Å². The molecule has 1 amide bonds. The number of anilines is 1. The van der Waals surface area contributed by atoms with Crippen LogP contribution in [0, 0.1) is 0 Å². The fourth-order valence-electron chi connectivity index (χ4n) is 2.08. The lowest BCUT2D eigenvalue weighted by Gasteiger charge is -2.08. The first-order chi connectivity index (χ1) is 9.78. The van der Waals surface area contributed by atoms with Gasteiger partial charge in [0.15, 0.2) is 0 Å². The Balaban J connectivity index is 1.88. The van der Waals surface area contributed by atoms with E-state index in [9.17, 15) is 4.79 Å². The van der Waals surface area contributed by atoms with Crippen molar-refractivity contribution in [1.29, 1.82) is 0 Å². The van der Waals surface area contributed by atoms with Crippen molar-refractivity contribution in [2.24, 2.45) is 0 Å². The number of thiophene rings is 1. The highest BCUT2D eigenvalue weighted by Gasteiger charge is 2.10. The predicted molar refractivity (Wildman–Crippen MR) is 88.0 cm³/mol. The smallest absolute Gasteiger partial charge is 0.256 e. The number of rotatable bonds is 3. The number of nitrogens with one attached hydrogen (secondary N) is 1. The molecule has 0 aliphatic heterocycles. The largest absolute Gasteiger partial charge is 0.322 e.